The maximum absolute atomic E-state index is 12.1. The fourth-order valence-electron chi connectivity index (χ4n) is 2.08. The number of benzene rings is 1. The van der Waals surface area contributed by atoms with Crippen LogP contribution in [0.1, 0.15) is 30.7 Å². The van der Waals surface area contributed by atoms with Crippen molar-refractivity contribution in [1.29, 1.82) is 0 Å². The van der Waals surface area contributed by atoms with Crippen LogP contribution in [-0.4, -0.2) is 16.6 Å². The second-order valence-corrected chi connectivity index (χ2v) is 5.91. The summed E-state index contributed by atoms with van der Waals surface area (Å²) in [4.78, 5) is 17.7. The van der Waals surface area contributed by atoms with Gasteiger partial charge in [-0.15, -0.1) is 0 Å². The summed E-state index contributed by atoms with van der Waals surface area (Å²) in [5.74, 6) is 1.28. The average molecular weight is 304 g/mol. The molecule has 0 bridgehead atoms. The molecule has 0 saturated carbocycles. The Labute approximate surface area is 129 Å². The van der Waals surface area contributed by atoms with Crippen molar-refractivity contribution < 1.29 is 4.74 Å². The molecule has 0 aliphatic heterocycles. The van der Waals surface area contributed by atoms with Gasteiger partial charge in [0.1, 0.15) is 5.75 Å². The highest BCUT2D eigenvalue weighted by Gasteiger charge is 2.10. The van der Waals surface area contributed by atoms with Gasteiger partial charge in [0.05, 0.1) is 6.61 Å². The molecule has 0 spiro atoms. The molecule has 0 atom stereocenters. The van der Waals surface area contributed by atoms with Crippen molar-refractivity contribution in [2.24, 2.45) is 5.92 Å². The van der Waals surface area contributed by atoms with Crippen LogP contribution in [0, 0.1) is 17.6 Å². The highest BCUT2D eigenvalue weighted by Crippen LogP contribution is 2.21. The first-order valence-corrected chi connectivity index (χ1v) is 7.41. The van der Waals surface area contributed by atoms with E-state index in [1.54, 1.807) is 0 Å². The number of para-hydroxylation sites is 1. The third kappa shape index (κ3) is 4.04. The van der Waals surface area contributed by atoms with Gasteiger partial charge in [-0.1, -0.05) is 32.0 Å². The second kappa shape index (κ2) is 6.72. The van der Waals surface area contributed by atoms with Crippen molar-refractivity contribution in [1.82, 2.24) is 9.97 Å². The van der Waals surface area contributed by atoms with Crippen molar-refractivity contribution in [2.75, 3.05) is 6.61 Å². The zero-order chi connectivity index (χ0) is 15.4. The van der Waals surface area contributed by atoms with Crippen LogP contribution >= 0.6 is 12.2 Å². The zero-order valence-electron chi connectivity index (χ0n) is 12.5. The summed E-state index contributed by atoms with van der Waals surface area (Å²) in [6.07, 6.45) is 0.515. The molecule has 2 aromatic rings. The van der Waals surface area contributed by atoms with Crippen LogP contribution < -0.4 is 10.3 Å². The fraction of sp³-hybridized carbons (Fsp3) is 0.375. The normalized spacial score (nSPS) is 10.9. The van der Waals surface area contributed by atoms with Gasteiger partial charge in [0, 0.05) is 17.7 Å². The lowest BCUT2D eigenvalue weighted by molar-refractivity contribution is 0.269. The summed E-state index contributed by atoms with van der Waals surface area (Å²) >= 11 is 4.97. The Bertz CT molecular complexity index is 732. The molecule has 2 N–H and O–H groups in total. The molecule has 0 fully saturated rings. The molecule has 1 aromatic carbocycles. The van der Waals surface area contributed by atoms with Crippen LogP contribution in [0.3, 0.4) is 0 Å². The smallest absolute Gasteiger partial charge is 0.255 e. The number of aryl methyl sites for hydroxylation is 1. The summed E-state index contributed by atoms with van der Waals surface area (Å²) in [5.41, 5.74) is 2.33. The van der Waals surface area contributed by atoms with E-state index < -0.39 is 0 Å². The van der Waals surface area contributed by atoms with Gasteiger partial charge >= 0.3 is 0 Å². The topological polar surface area (TPSA) is 57.9 Å². The predicted octanol–water partition coefficient (Wildman–Crippen LogP) is 3.37. The minimum absolute atomic E-state index is 0.144. The number of ether oxygens (including phenoxy) is 1. The Balaban J connectivity index is 2.32. The molecule has 1 heterocycles. The van der Waals surface area contributed by atoms with E-state index in [0.29, 0.717) is 29.3 Å². The van der Waals surface area contributed by atoms with E-state index in [4.69, 9.17) is 17.0 Å². The minimum atomic E-state index is -0.144. The highest BCUT2D eigenvalue weighted by atomic mass is 32.1. The van der Waals surface area contributed by atoms with Crippen LogP contribution in [0.4, 0.5) is 0 Å². The van der Waals surface area contributed by atoms with Crippen LogP contribution in [0.15, 0.2) is 29.1 Å². The third-order valence-electron chi connectivity index (χ3n) is 3.17. The van der Waals surface area contributed by atoms with Gasteiger partial charge < -0.3 is 9.72 Å². The molecule has 0 aliphatic rings. The van der Waals surface area contributed by atoms with E-state index in [9.17, 15) is 4.79 Å². The van der Waals surface area contributed by atoms with E-state index >= 15 is 0 Å². The van der Waals surface area contributed by atoms with E-state index in [-0.39, 0.29) is 5.56 Å². The van der Waals surface area contributed by atoms with Crippen molar-refractivity contribution in [3.05, 3.63) is 56.2 Å². The monoisotopic (exact) mass is 304 g/mol. The minimum Gasteiger partial charge on any atom is -0.493 e. The van der Waals surface area contributed by atoms with Crippen molar-refractivity contribution in [2.45, 2.75) is 27.2 Å². The molecule has 2 rings (SSSR count). The lowest BCUT2D eigenvalue weighted by Gasteiger charge is -2.13. The SMILES string of the molecule is Cc1[nH]c(=S)[nH]c(=O)c1Cc1ccccc1OCC(C)C. The maximum atomic E-state index is 12.1. The van der Waals surface area contributed by atoms with E-state index in [0.717, 1.165) is 17.0 Å². The predicted molar refractivity (Wildman–Crippen MR) is 86.6 cm³/mol. The molecule has 0 saturated heterocycles. The maximum Gasteiger partial charge on any atom is 0.255 e. The lowest BCUT2D eigenvalue weighted by Crippen LogP contribution is -2.17. The second-order valence-electron chi connectivity index (χ2n) is 5.50. The number of hydrogen-bond acceptors (Lipinski definition) is 3. The van der Waals surface area contributed by atoms with Crippen molar-refractivity contribution >= 4 is 12.2 Å². The van der Waals surface area contributed by atoms with Crippen molar-refractivity contribution in [3.8, 4) is 5.75 Å². The third-order valence-corrected chi connectivity index (χ3v) is 3.37. The van der Waals surface area contributed by atoms with Crippen molar-refractivity contribution in [3.63, 3.8) is 0 Å². The van der Waals surface area contributed by atoms with Gasteiger partial charge in [-0.05, 0) is 36.7 Å². The number of H-pyrrole nitrogens is 2. The van der Waals surface area contributed by atoms with Gasteiger partial charge in [-0.3, -0.25) is 9.78 Å². The number of aromatic amines is 2. The molecular weight excluding hydrogens is 284 g/mol. The van der Waals surface area contributed by atoms with E-state index in [1.807, 2.05) is 31.2 Å². The largest absolute Gasteiger partial charge is 0.493 e. The number of aromatic nitrogens is 2. The molecule has 0 amide bonds. The first kappa shape index (κ1) is 15.5. The lowest BCUT2D eigenvalue weighted by atomic mass is 10.0. The number of hydrogen-bond donors (Lipinski definition) is 2. The quantitative estimate of drug-likeness (QED) is 0.833. The van der Waals surface area contributed by atoms with Crippen LogP contribution in [0.2, 0.25) is 0 Å². The van der Waals surface area contributed by atoms with E-state index in [2.05, 4.69) is 23.8 Å². The summed E-state index contributed by atoms with van der Waals surface area (Å²) in [6, 6.07) is 7.81. The zero-order valence-corrected chi connectivity index (χ0v) is 13.3. The first-order valence-electron chi connectivity index (χ1n) is 7.00. The van der Waals surface area contributed by atoms with E-state index in [1.165, 1.54) is 0 Å². The van der Waals surface area contributed by atoms with Gasteiger partial charge in [0.15, 0.2) is 4.77 Å². The molecule has 0 unspecified atom stereocenters. The summed E-state index contributed by atoms with van der Waals surface area (Å²) in [6.45, 7) is 6.73. The molecule has 0 radical (unpaired) electrons. The van der Waals surface area contributed by atoms with Gasteiger partial charge in [0.25, 0.3) is 5.56 Å². The number of nitrogens with one attached hydrogen (secondary N) is 2. The molecule has 5 heteroatoms. The van der Waals surface area contributed by atoms with Crippen LogP contribution in [0.5, 0.6) is 5.75 Å². The molecule has 21 heavy (non-hydrogen) atoms. The Kier molecular flexibility index (Phi) is 4.96. The van der Waals surface area contributed by atoms with Gasteiger partial charge in [0.2, 0.25) is 0 Å². The van der Waals surface area contributed by atoms with Gasteiger partial charge in [-0.25, -0.2) is 0 Å². The Morgan fingerprint density at radius 3 is 2.62 bits per heavy atom. The standard InChI is InChI=1S/C16H20N2O2S/c1-10(2)9-20-14-7-5-4-6-12(14)8-13-11(3)17-16(21)18-15(13)19/h4-7,10H,8-9H2,1-3H3,(H2,17,18,19,21). The average Bonchev–Trinajstić information content (AvgIpc) is 2.41. The van der Waals surface area contributed by atoms with Crippen LogP contribution in [-0.2, 0) is 6.42 Å². The molecule has 1 aromatic heterocycles. The first-order chi connectivity index (χ1) is 9.97. The summed E-state index contributed by atoms with van der Waals surface area (Å²) in [5, 5.41) is 0. The Morgan fingerprint density at radius 1 is 1.24 bits per heavy atom. The summed E-state index contributed by atoms with van der Waals surface area (Å²) in [7, 11) is 0. The van der Waals surface area contributed by atoms with Gasteiger partial charge in [-0.2, -0.15) is 0 Å². The van der Waals surface area contributed by atoms with Crippen LogP contribution in [0.25, 0.3) is 0 Å². The molecule has 0 aliphatic carbocycles. The molecule has 112 valence electrons. The summed E-state index contributed by atoms with van der Waals surface area (Å²) < 4.78 is 6.18. The molecule has 4 nitrogen and oxygen atoms in total. The number of rotatable bonds is 5. The highest BCUT2D eigenvalue weighted by molar-refractivity contribution is 7.71. The molecular formula is C16H20N2O2S. The Morgan fingerprint density at radius 2 is 1.95 bits per heavy atom. The Hall–Kier alpha value is -1.88. The fourth-order valence-corrected chi connectivity index (χ4v) is 2.32.